The lowest BCUT2D eigenvalue weighted by Gasteiger charge is -2.31. The Hall–Kier alpha value is -3.44. The van der Waals surface area contributed by atoms with Crippen LogP contribution < -0.4 is 10.1 Å². The first-order valence-electron chi connectivity index (χ1n) is 10.7. The molecule has 31 heavy (non-hydrogen) atoms. The van der Waals surface area contributed by atoms with Gasteiger partial charge in [0.2, 0.25) is 5.91 Å². The molecule has 3 aromatic rings. The van der Waals surface area contributed by atoms with Crippen molar-refractivity contribution in [2.75, 3.05) is 25.0 Å². The Bertz CT molecular complexity index is 1010. The first-order valence-corrected chi connectivity index (χ1v) is 10.7. The molecular formula is C26H27N3O2. The highest BCUT2D eigenvalue weighted by molar-refractivity contribution is 5.94. The zero-order valence-electron chi connectivity index (χ0n) is 17.5. The summed E-state index contributed by atoms with van der Waals surface area (Å²) in [6, 6.07) is 21.4. The molecule has 5 nitrogen and oxygen atoms in total. The van der Waals surface area contributed by atoms with Crippen molar-refractivity contribution in [2.45, 2.75) is 12.8 Å². The van der Waals surface area contributed by atoms with E-state index in [4.69, 9.17) is 4.74 Å². The second-order valence-electron chi connectivity index (χ2n) is 7.69. The summed E-state index contributed by atoms with van der Waals surface area (Å²) >= 11 is 0. The number of pyridine rings is 1. The molecule has 0 spiro atoms. The largest absolute Gasteiger partial charge is 0.454 e. The molecule has 5 heteroatoms. The predicted molar refractivity (Wildman–Crippen MR) is 124 cm³/mol. The number of nitrogens with zero attached hydrogens (tertiary/aromatic N) is 2. The number of benzene rings is 2. The fraction of sp³-hybridized carbons (Fsp3) is 0.231. The van der Waals surface area contributed by atoms with Gasteiger partial charge in [-0.1, -0.05) is 54.6 Å². The van der Waals surface area contributed by atoms with Crippen LogP contribution in [-0.2, 0) is 4.79 Å². The molecule has 4 rings (SSSR count). The molecule has 2 aromatic carbocycles. The number of likely N-dealkylation sites (tertiary alicyclic amines) is 1. The van der Waals surface area contributed by atoms with Crippen molar-refractivity contribution in [2.24, 2.45) is 5.92 Å². The third-order valence-electron chi connectivity index (χ3n) is 5.36. The van der Waals surface area contributed by atoms with Gasteiger partial charge in [-0.15, -0.1) is 0 Å². The van der Waals surface area contributed by atoms with E-state index in [0.717, 1.165) is 32.5 Å². The standard InChI is InChI=1S/C26H27N3O2/c30-26(28-24-14-4-5-15-25(24)31-23-13-6-16-27-19-23)22-12-8-18-29(20-22)17-7-11-21-9-2-1-3-10-21/h1-7,9-11,13-16,19,22H,8,12,17-18,20H2,(H,28,30). The van der Waals surface area contributed by atoms with E-state index < -0.39 is 0 Å². The second-order valence-corrected chi connectivity index (χ2v) is 7.69. The molecule has 2 heterocycles. The summed E-state index contributed by atoms with van der Waals surface area (Å²) in [5.74, 6) is 1.25. The minimum absolute atomic E-state index is 0.0367. The molecule has 1 aromatic heterocycles. The van der Waals surface area contributed by atoms with E-state index >= 15 is 0 Å². The monoisotopic (exact) mass is 413 g/mol. The summed E-state index contributed by atoms with van der Waals surface area (Å²) in [6.07, 6.45) is 9.58. The Labute approximate surface area is 183 Å². The quantitative estimate of drug-likeness (QED) is 0.576. The molecule has 1 fully saturated rings. The molecule has 1 amide bonds. The molecule has 1 unspecified atom stereocenters. The van der Waals surface area contributed by atoms with Gasteiger partial charge in [0.25, 0.3) is 0 Å². The summed E-state index contributed by atoms with van der Waals surface area (Å²) in [7, 11) is 0. The minimum Gasteiger partial charge on any atom is -0.454 e. The zero-order chi connectivity index (χ0) is 21.3. The van der Waals surface area contributed by atoms with Gasteiger partial charge in [-0.3, -0.25) is 14.7 Å². The van der Waals surface area contributed by atoms with Crippen LogP contribution in [0.1, 0.15) is 18.4 Å². The van der Waals surface area contributed by atoms with Crippen LogP contribution in [0.4, 0.5) is 5.69 Å². The first-order chi connectivity index (χ1) is 15.3. The van der Waals surface area contributed by atoms with Crippen molar-refractivity contribution in [3.8, 4) is 11.5 Å². The zero-order valence-corrected chi connectivity index (χ0v) is 17.5. The van der Waals surface area contributed by atoms with Crippen LogP contribution in [0.3, 0.4) is 0 Å². The summed E-state index contributed by atoms with van der Waals surface area (Å²) in [5.41, 5.74) is 1.87. The molecule has 0 saturated carbocycles. The number of anilines is 1. The number of aromatic nitrogens is 1. The number of carbonyl (C=O) groups is 1. The fourth-order valence-electron chi connectivity index (χ4n) is 3.77. The number of rotatable bonds is 7. The van der Waals surface area contributed by atoms with E-state index in [1.54, 1.807) is 12.4 Å². The van der Waals surface area contributed by atoms with E-state index in [9.17, 15) is 4.79 Å². The number of ether oxygens (including phenoxy) is 1. The Kier molecular flexibility index (Phi) is 7.08. The molecule has 1 N–H and O–H groups in total. The fourth-order valence-corrected chi connectivity index (χ4v) is 3.77. The number of hydrogen-bond donors (Lipinski definition) is 1. The topological polar surface area (TPSA) is 54.5 Å². The Morgan fingerprint density at radius 2 is 1.94 bits per heavy atom. The number of piperidine rings is 1. The van der Waals surface area contributed by atoms with Crippen LogP contribution in [0.15, 0.2) is 85.2 Å². The van der Waals surface area contributed by atoms with E-state index in [2.05, 4.69) is 39.5 Å². The lowest BCUT2D eigenvalue weighted by atomic mass is 9.97. The summed E-state index contributed by atoms with van der Waals surface area (Å²) < 4.78 is 5.92. The van der Waals surface area contributed by atoms with Gasteiger partial charge in [0, 0.05) is 19.3 Å². The maximum Gasteiger partial charge on any atom is 0.228 e. The highest BCUT2D eigenvalue weighted by Crippen LogP contribution is 2.30. The van der Waals surface area contributed by atoms with E-state index in [0.29, 0.717) is 17.2 Å². The summed E-state index contributed by atoms with van der Waals surface area (Å²) in [6.45, 7) is 2.62. The van der Waals surface area contributed by atoms with E-state index in [1.165, 1.54) is 5.56 Å². The predicted octanol–water partition coefficient (Wildman–Crippen LogP) is 5.24. The van der Waals surface area contributed by atoms with Crippen molar-refractivity contribution in [3.05, 3.63) is 90.8 Å². The first kappa shape index (κ1) is 20.8. The lowest BCUT2D eigenvalue weighted by Crippen LogP contribution is -2.40. The van der Waals surface area contributed by atoms with Gasteiger partial charge < -0.3 is 10.1 Å². The SMILES string of the molecule is O=C(Nc1ccccc1Oc1cccnc1)C1CCCN(CC=Cc2ccccc2)C1. The Morgan fingerprint density at radius 3 is 2.77 bits per heavy atom. The van der Waals surface area contributed by atoms with Crippen LogP contribution in [0.5, 0.6) is 11.5 Å². The van der Waals surface area contributed by atoms with Gasteiger partial charge in [0.05, 0.1) is 17.8 Å². The normalized spacial score (nSPS) is 16.8. The smallest absolute Gasteiger partial charge is 0.228 e. The van der Waals surface area contributed by atoms with E-state index in [1.807, 2.05) is 54.6 Å². The third-order valence-corrected chi connectivity index (χ3v) is 5.36. The van der Waals surface area contributed by atoms with Crippen molar-refractivity contribution in [3.63, 3.8) is 0 Å². The van der Waals surface area contributed by atoms with Crippen molar-refractivity contribution in [1.82, 2.24) is 9.88 Å². The van der Waals surface area contributed by atoms with Gasteiger partial charge in [0.15, 0.2) is 5.75 Å². The Morgan fingerprint density at radius 1 is 1.10 bits per heavy atom. The van der Waals surface area contributed by atoms with Gasteiger partial charge in [0.1, 0.15) is 5.75 Å². The third kappa shape index (κ3) is 6.03. The highest BCUT2D eigenvalue weighted by atomic mass is 16.5. The summed E-state index contributed by atoms with van der Waals surface area (Å²) in [5, 5.41) is 3.07. The molecule has 1 aliphatic rings. The molecule has 1 saturated heterocycles. The maximum absolute atomic E-state index is 13.0. The van der Waals surface area contributed by atoms with Crippen molar-refractivity contribution >= 4 is 17.7 Å². The van der Waals surface area contributed by atoms with Gasteiger partial charge in [-0.2, -0.15) is 0 Å². The van der Waals surface area contributed by atoms with Crippen LogP contribution in [0, 0.1) is 5.92 Å². The number of nitrogens with one attached hydrogen (secondary N) is 1. The number of para-hydroxylation sites is 2. The van der Waals surface area contributed by atoms with Gasteiger partial charge in [-0.25, -0.2) is 0 Å². The minimum atomic E-state index is -0.0367. The Balaban J connectivity index is 1.35. The lowest BCUT2D eigenvalue weighted by molar-refractivity contribution is -0.121. The number of hydrogen-bond acceptors (Lipinski definition) is 4. The molecule has 158 valence electrons. The van der Waals surface area contributed by atoms with Crippen LogP contribution in [0.25, 0.3) is 6.08 Å². The molecule has 1 aliphatic heterocycles. The average Bonchev–Trinajstić information content (AvgIpc) is 2.82. The van der Waals surface area contributed by atoms with Crippen LogP contribution in [0.2, 0.25) is 0 Å². The molecular weight excluding hydrogens is 386 g/mol. The highest BCUT2D eigenvalue weighted by Gasteiger charge is 2.25. The number of amides is 1. The van der Waals surface area contributed by atoms with Crippen molar-refractivity contribution < 1.29 is 9.53 Å². The average molecular weight is 414 g/mol. The maximum atomic E-state index is 13.0. The van der Waals surface area contributed by atoms with Gasteiger partial charge in [-0.05, 0) is 49.2 Å². The van der Waals surface area contributed by atoms with Crippen molar-refractivity contribution in [1.29, 1.82) is 0 Å². The van der Waals surface area contributed by atoms with Crippen LogP contribution >= 0.6 is 0 Å². The second kappa shape index (κ2) is 10.5. The number of carbonyl (C=O) groups excluding carboxylic acids is 1. The molecule has 0 radical (unpaired) electrons. The van der Waals surface area contributed by atoms with Gasteiger partial charge >= 0.3 is 0 Å². The molecule has 0 aliphatic carbocycles. The van der Waals surface area contributed by atoms with Crippen LogP contribution in [-0.4, -0.2) is 35.4 Å². The molecule has 1 atom stereocenters. The molecule has 0 bridgehead atoms. The summed E-state index contributed by atoms with van der Waals surface area (Å²) in [4.78, 5) is 19.4. The van der Waals surface area contributed by atoms with E-state index in [-0.39, 0.29) is 11.8 Å².